The van der Waals surface area contributed by atoms with Crippen LogP contribution in [0.2, 0.25) is 10.0 Å². The maximum atomic E-state index is 13.3. The number of benzene rings is 1. The number of pyridine rings is 1. The lowest BCUT2D eigenvalue weighted by atomic mass is 10.1. The number of rotatable bonds is 14. The van der Waals surface area contributed by atoms with Gasteiger partial charge in [-0.05, 0) is 54.7 Å². The van der Waals surface area contributed by atoms with Gasteiger partial charge in [-0.15, -0.1) is 0 Å². The van der Waals surface area contributed by atoms with Gasteiger partial charge in [-0.2, -0.15) is 0 Å². The molecule has 3 aromatic rings. The van der Waals surface area contributed by atoms with Crippen LogP contribution < -0.4 is 4.90 Å². The standard InChI is InChI=1S/C29H39Cl2N5O2S/c1-6-8-14-35(15-9-7-2)20-38-29(37)34(5)28-33-26(21(3)4)27(36(28)19-22-10-12-32-13-11-22)39-25-17-23(30)16-24(31)18-25/h10-13,16-18,21H,6-9,14-15,19-20H2,1-5H3. The van der Waals surface area contributed by atoms with Gasteiger partial charge in [-0.25, -0.2) is 14.7 Å². The van der Waals surface area contributed by atoms with Gasteiger partial charge < -0.3 is 4.74 Å². The van der Waals surface area contributed by atoms with Gasteiger partial charge >= 0.3 is 6.09 Å². The van der Waals surface area contributed by atoms with E-state index in [9.17, 15) is 4.79 Å². The molecule has 0 radical (unpaired) electrons. The molecule has 0 saturated carbocycles. The summed E-state index contributed by atoms with van der Waals surface area (Å²) >= 11 is 14.1. The molecule has 0 aliphatic rings. The highest BCUT2D eigenvalue weighted by Crippen LogP contribution is 2.39. The van der Waals surface area contributed by atoms with Gasteiger partial charge in [0.25, 0.3) is 0 Å². The molecular weight excluding hydrogens is 553 g/mol. The Morgan fingerprint density at radius 3 is 2.23 bits per heavy atom. The number of ether oxygens (including phenoxy) is 1. The number of unbranched alkanes of at least 4 members (excludes halogenated alkanes) is 2. The van der Waals surface area contributed by atoms with Crippen molar-refractivity contribution in [3.63, 3.8) is 0 Å². The average molecular weight is 593 g/mol. The predicted octanol–water partition coefficient (Wildman–Crippen LogP) is 8.34. The quantitative estimate of drug-likeness (QED) is 0.175. The van der Waals surface area contributed by atoms with Crippen LogP contribution in [0.25, 0.3) is 0 Å². The monoisotopic (exact) mass is 591 g/mol. The summed E-state index contributed by atoms with van der Waals surface area (Å²) in [5.74, 6) is 0.632. The fraction of sp³-hybridized carbons (Fsp3) is 0.483. The lowest BCUT2D eigenvalue weighted by Gasteiger charge is -2.24. The maximum Gasteiger partial charge on any atom is 0.417 e. The molecule has 2 heterocycles. The summed E-state index contributed by atoms with van der Waals surface area (Å²) < 4.78 is 7.84. The number of nitrogens with zero attached hydrogens (tertiary/aromatic N) is 5. The molecule has 3 rings (SSSR count). The summed E-state index contributed by atoms with van der Waals surface area (Å²) in [6, 6.07) is 9.39. The van der Waals surface area contributed by atoms with Gasteiger partial charge in [0, 0.05) is 47.5 Å². The van der Waals surface area contributed by atoms with Crippen LogP contribution in [0.4, 0.5) is 10.7 Å². The number of anilines is 1. The van der Waals surface area contributed by atoms with E-state index in [-0.39, 0.29) is 12.6 Å². The van der Waals surface area contributed by atoms with Crippen molar-refractivity contribution in [2.45, 2.75) is 75.8 Å². The van der Waals surface area contributed by atoms with E-state index in [0.29, 0.717) is 22.5 Å². The van der Waals surface area contributed by atoms with Gasteiger partial charge in [0.2, 0.25) is 5.95 Å². The van der Waals surface area contributed by atoms with E-state index in [1.54, 1.807) is 25.5 Å². The van der Waals surface area contributed by atoms with Crippen molar-refractivity contribution in [1.82, 2.24) is 19.4 Å². The highest BCUT2D eigenvalue weighted by molar-refractivity contribution is 7.99. The van der Waals surface area contributed by atoms with Crippen LogP contribution in [0.15, 0.2) is 52.6 Å². The first-order valence-corrected chi connectivity index (χ1v) is 15.1. The van der Waals surface area contributed by atoms with Crippen LogP contribution in [-0.4, -0.2) is 52.4 Å². The maximum absolute atomic E-state index is 13.3. The second kappa shape index (κ2) is 15.5. The number of hydrogen-bond acceptors (Lipinski definition) is 6. The molecule has 1 aromatic carbocycles. The Bertz CT molecular complexity index is 1180. The highest BCUT2D eigenvalue weighted by Gasteiger charge is 2.27. The first-order valence-electron chi connectivity index (χ1n) is 13.5. The SMILES string of the molecule is CCCCN(CCCC)COC(=O)N(C)c1nc(C(C)C)c(Sc2cc(Cl)cc(Cl)c2)n1Cc1ccncc1. The van der Waals surface area contributed by atoms with E-state index in [1.807, 2.05) is 24.3 Å². The normalized spacial score (nSPS) is 11.4. The Balaban J connectivity index is 1.95. The topological polar surface area (TPSA) is 63.5 Å². The number of amides is 1. The van der Waals surface area contributed by atoms with Crippen molar-refractivity contribution in [2.24, 2.45) is 0 Å². The molecule has 1 amide bonds. The molecule has 0 fully saturated rings. The zero-order valence-electron chi connectivity index (χ0n) is 23.5. The van der Waals surface area contributed by atoms with E-state index in [1.165, 1.54) is 16.7 Å². The largest absolute Gasteiger partial charge is 0.433 e. The third-order valence-electron chi connectivity index (χ3n) is 6.21. The van der Waals surface area contributed by atoms with Crippen LogP contribution >= 0.6 is 35.0 Å². The molecule has 0 saturated heterocycles. The first kappa shape index (κ1) is 31.3. The Kier molecular flexibility index (Phi) is 12.4. The minimum absolute atomic E-state index is 0.114. The molecule has 39 heavy (non-hydrogen) atoms. The van der Waals surface area contributed by atoms with E-state index in [0.717, 1.165) is 60.0 Å². The lowest BCUT2D eigenvalue weighted by Crippen LogP contribution is -2.35. The molecule has 0 bridgehead atoms. The first-order chi connectivity index (χ1) is 18.7. The average Bonchev–Trinajstić information content (AvgIpc) is 3.25. The zero-order chi connectivity index (χ0) is 28.4. The van der Waals surface area contributed by atoms with E-state index >= 15 is 0 Å². The summed E-state index contributed by atoms with van der Waals surface area (Å²) in [6.07, 6.45) is 7.42. The lowest BCUT2D eigenvalue weighted by molar-refractivity contribution is 0.0718. The Labute approximate surface area is 246 Å². The van der Waals surface area contributed by atoms with Crippen LogP contribution in [0, 0.1) is 0 Å². The fourth-order valence-corrected chi connectivity index (χ4v) is 5.92. The highest BCUT2D eigenvalue weighted by atomic mass is 35.5. The minimum atomic E-state index is -0.438. The smallest absolute Gasteiger partial charge is 0.417 e. The second-order valence-corrected chi connectivity index (χ2v) is 11.8. The molecule has 2 aromatic heterocycles. The molecular formula is C29H39Cl2N5O2S. The van der Waals surface area contributed by atoms with Crippen molar-refractivity contribution in [1.29, 1.82) is 0 Å². The zero-order valence-corrected chi connectivity index (χ0v) is 25.8. The number of aromatic nitrogens is 3. The van der Waals surface area contributed by atoms with Crippen LogP contribution in [0.1, 0.15) is 70.6 Å². The Morgan fingerprint density at radius 1 is 1.05 bits per heavy atom. The van der Waals surface area contributed by atoms with Crippen LogP contribution in [0.5, 0.6) is 0 Å². The molecule has 0 aliphatic carbocycles. The third kappa shape index (κ3) is 9.13. The number of carbonyl (C=O) groups excluding carboxylic acids is 1. The van der Waals surface area contributed by atoms with Gasteiger partial charge in [0.15, 0.2) is 0 Å². The molecule has 7 nitrogen and oxygen atoms in total. The van der Waals surface area contributed by atoms with Crippen molar-refractivity contribution in [2.75, 3.05) is 31.8 Å². The van der Waals surface area contributed by atoms with Crippen LogP contribution in [0.3, 0.4) is 0 Å². The summed E-state index contributed by atoms with van der Waals surface area (Å²) in [7, 11) is 1.71. The molecule has 0 N–H and O–H groups in total. The van der Waals surface area contributed by atoms with Crippen LogP contribution in [-0.2, 0) is 11.3 Å². The summed E-state index contributed by atoms with van der Waals surface area (Å²) in [5.41, 5.74) is 1.92. The minimum Gasteiger partial charge on any atom is -0.433 e. The number of carbonyl (C=O) groups is 1. The van der Waals surface area contributed by atoms with Gasteiger partial charge in [0.1, 0.15) is 11.8 Å². The Morgan fingerprint density at radius 2 is 1.67 bits per heavy atom. The Hall–Kier alpha value is -2.26. The molecule has 212 valence electrons. The fourth-order valence-electron chi connectivity index (χ4n) is 4.03. The van der Waals surface area contributed by atoms with Crippen molar-refractivity contribution < 1.29 is 9.53 Å². The summed E-state index contributed by atoms with van der Waals surface area (Å²) in [6.45, 7) is 11.1. The predicted molar refractivity (Wildman–Crippen MR) is 161 cm³/mol. The van der Waals surface area contributed by atoms with Gasteiger partial charge in [-0.1, -0.05) is 75.5 Å². The number of hydrogen-bond donors (Lipinski definition) is 0. The summed E-state index contributed by atoms with van der Waals surface area (Å²) in [4.78, 5) is 27.0. The van der Waals surface area contributed by atoms with Gasteiger partial charge in [0.05, 0.1) is 12.2 Å². The third-order valence-corrected chi connectivity index (χ3v) is 7.74. The van der Waals surface area contributed by atoms with Crippen molar-refractivity contribution in [3.05, 3.63) is 64.0 Å². The molecule has 10 heteroatoms. The number of imidazole rings is 1. The van der Waals surface area contributed by atoms with Crippen molar-refractivity contribution >= 4 is 47.0 Å². The van der Waals surface area contributed by atoms with Gasteiger partial charge in [-0.3, -0.25) is 14.5 Å². The molecule has 0 spiro atoms. The molecule has 0 aliphatic heterocycles. The molecule has 0 atom stereocenters. The second-order valence-electron chi connectivity index (χ2n) is 9.83. The summed E-state index contributed by atoms with van der Waals surface area (Å²) in [5, 5.41) is 2.04. The number of halogens is 2. The van der Waals surface area contributed by atoms with E-state index in [4.69, 9.17) is 32.9 Å². The van der Waals surface area contributed by atoms with E-state index < -0.39 is 6.09 Å². The molecule has 0 unspecified atom stereocenters. The van der Waals surface area contributed by atoms with Crippen molar-refractivity contribution in [3.8, 4) is 0 Å². The van der Waals surface area contributed by atoms with E-state index in [2.05, 4.69) is 42.1 Å².